The lowest BCUT2D eigenvalue weighted by Crippen LogP contribution is -2.45. The molecule has 0 bridgehead atoms. The van der Waals surface area contributed by atoms with E-state index in [9.17, 15) is 19.4 Å². The summed E-state index contributed by atoms with van der Waals surface area (Å²) < 4.78 is 23.3. The van der Waals surface area contributed by atoms with Crippen LogP contribution >= 0.6 is 7.82 Å². The third kappa shape index (κ3) is 55.2. The molecule has 0 radical (unpaired) electrons. The molecule has 3 atom stereocenters. The summed E-state index contributed by atoms with van der Waals surface area (Å²) in [5.41, 5.74) is 0. The number of nitrogens with zero attached hydrogens (tertiary/aromatic N) is 1. The second kappa shape index (κ2) is 53.3. The average Bonchev–Trinajstić information content (AvgIpc) is 3.34. The maximum Gasteiger partial charge on any atom is 0.268 e. The van der Waals surface area contributed by atoms with E-state index in [1.807, 2.05) is 27.2 Å². The van der Waals surface area contributed by atoms with E-state index < -0.39 is 26.6 Å². The molecule has 0 saturated heterocycles. The molecule has 0 spiro atoms. The third-order valence-corrected chi connectivity index (χ3v) is 13.7. The quantitative estimate of drug-likeness (QED) is 0.0272. The molecule has 1 amide bonds. The normalized spacial score (nSPS) is 14.6. The molecular weight excluding hydrogens is 912 g/mol. The molecule has 416 valence electrons. The van der Waals surface area contributed by atoms with Crippen molar-refractivity contribution in [2.75, 3.05) is 40.9 Å². The van der Waals surface area contributed by atoms with Crippen molar-refractivity contribution in [3.8, 4) is 0 Å². The maximum absolute atomic E-state index is 13.0. The van der Waals surface area contributed by atoms with Crippen molar-refractivity contribution in [3.63, 3.8) is 0 Å². The molecule has 9 heteroatoms. The first-order valence-corrected chi connectivity index (χ1v) is 31.1. The minimum Gasteiger partial charge on any atom is -0.756 e. The molecule has 3 unspecified atom stereocenters. The number of hydrogen-bond acceptors (Lipinski definition) is 6. The number of rotatable bonds is 53. The molecule has 0 aliphatic carbocycles. The van der Waals surface area contributed by atoms with Crippen LogP contribution in [-0.2, 0) is 18.4 Å². The maximum atomic E-state index is 13.0. The zero-order valence-corrected chi connectivity index (χ0v) is 48.2. The van der Waals surface area contributed by atoms with Gasteiger partial charge in [-0.2, -0.15) is 0 Å². The summed E-state index contributed by atoms with van der Waals surface area (Å²) in [4.78, 5) is 25.5. The molecule has 8 nitrogen and oxygen atoms in total. The molecule has 0 aliphatic rings. The van der Waals surface area contributed by atoms with Crippen molar-refractivity contribution < 1.29 is 32.9 Å². The number of quaternary nitrogens is 1. The summed E-state index contributed by atoms with van der Waals surface area (Å²) in [5.74, 6) is -0.210. The van der Waals surface area contributed by atoms with Gasteiger partial charge in [-0.15, -0.1) is 0 Å². The first-order chi connectivity index (χ1) is 35.0. The van der Waals surface area contributed by atoms with Crippen LogP contribution in [0.1, 0.15) is 245 Å². The minimum absolute atomic E-state index is 0.00965. The predicted octanol–water partition coefficient (Wildman–Crippen LogP) is 17.6. The monoisotopic (exact) mass is 1020 g/mol. The van der Waals surface area contributed by atoms with Crippen molar-refractivity contribution in [1.29, 1.82) is 0 Å². The van der Waals surface area contributed by atoms with Gasteiger partial charge in [-0.1, -0.05) is 252 Å². The van der Waals surface area contributed by atoms with E-state index in [2.05, 4.69) is 104 Å². The number of nitrogens with one attached hydrogen (secondary N) is 1. The fraction of sp³-hybridized carbons (Fsp3) is 0.730. The SMILES string of the molecule is CC/C=C\C/C=C\C/C=C\C/C=C\C/C=C\C/C=C\CCCCCCCCCCCCCCCCC(=O)NC(COP(=O)([O-])OCC[N+](C)(C)C)C(O)/C=C/CC/C=C/CCCCCCCCCCCCC. The molecule has 0 aromatic carbocycles. The van der Waals surface area contributed by atoms with Crippen LogP contribution < -0.4 is 10.2 Å². The summed E-state index contributed by atoms with van der Waals surface area (Å²) in [7, 11) is 1.24. The highest BCUT2D eigenvalue weighted by molar-refractivity contribution is 7.45. The van der Waals surface area contributed by atoms with Gasteiger partial charge in [-0.3, -0.25) is 9.36 Å². The van der Waals surface area contributed by atoms with Gasteiger partial charge in [0.05, 0.1) is 39.9 Å². The summed E-state index contributed by atoms with van der Waals surface area (Å²) in [6.45, 7) is 4.52. The molecule has 0 fully saturated rings. The summed E-state index contributed by atoms with van der Waals surface area (Å²) >= 11 is 0. The fourth-order valence-electron chi connectivity index (χ4n) is 8.17. The summed E-state index contributed by atoms with van der Waals surface area (Å²) in [6.07, 6.45) is 76.3. The molecule has 0 heterocycles. The van der Waals surface area contributed by atoms with Crippen LogP contribution in [0.3, 0.4) is 0 Å². The standard InChI is InChI=1S/C63H113N2O6P/c1-6-8-10-12-14-16-18-20-22-24-25-26-27-28-29-30-31-32-33-34-35-36-37-38-39-41-43-45-47-49-51-53-55-57-63(67)64-61(60-71-72(68,69)70-59-58-65(3,4)5)62(66)56-54-52-50-48-46-44-42-40-23-21-19-17-15-13-11-9-7-2/h8,10,14,16,20,22,25-26,28-29,31-32,46,48,54,56,61-62,66H,6-7,9,11-13,15,17-19,21,23-24,27,30,33-45,47,49-53,55,57-60H2,1-5H3,(H-,64,67,68,69)/b10-8-,16-14-,22-20-,26-25-,29-28-,32-31-,48-46+,56-54+. The first-order valence-electron chi connectivity index (χ1n) is 29.6. The van der Waals surface area contributed by atoms with Crippen molar-refractivity contribution in [1.82, 2.24) is 5.32 Å². The highest BCUT2D eigenvalue weighted by atomic mass is 31.2. The lowest BCUT2D eigenvalue weighted by atomic mass is 10.0. The van der Waals surface area contributed by atoms with Crippen molar-refractivity contribution in [3.05, 3.63) is 97.2 Å². The number of phosphoric acid groups is 1. The lowest BCUT2D eigenvalue weighted by Gasteiger charge is -2.29. The number of hydrogen-bond donors (Lipinski definition) is 2. The van der Waals surface area contributed by atoms with Crippen molar-refractivity contribution in [2.24, 2.45) is 0 Å². The van der Waals surface area contributed by atoms with E-state index in [1.165, 1.54) is 148 Å². The second-order valence-electron chi connectivity index (χ2n) is 21.0. The Kier molecular flexibility index (Phi) is 51.3. The van der Waals surface area contributed by atoms with E-state index >= 15 is 0 Å². The first kappa shape index (κ1) is 69.4. The molecule has 2 N–H and O–H groups in total. The Bertz CT molecular complexity index is 1490. The van der Waals surface area contributed by atoms with Crippen molar-refractivity contribution >= 4 is 13.7 Å². The molecule has 0 rings (SSSR count). The predicted molar refractivity (Wildman–Crippen MR) is 311 cm³/mol. The van der Waals surface area contributed by atoms with Crippen LogP contribution in [0.4, 0.5) is 0 Å². The Balaban J connectivity index is 4.15. The molecule has 72 heavy (non-hydrogen) atoms. The lowest BCUT2D eigenvalue weighted by molar-refractivity contribution is -0.870. The van der Waals surface area contributed by atoms with Crippen LogP contribution in [0.5, 0.6) is 0 Å². The van der Waals surface area contributed by atoms with Crippen LogP contribution in [0, 0.1) is 0 Å². The minimum atomic E-state index is -4.61. The fourth-order valence-corrected chi connectivity index (χ4v) is 8.90. The van der Waals surface area contributed by atoms with Gasteiger partial charge in [0.1, 0.15) is 13.2 Å². The average molecular weight is 1030 g/mol. The number of unbranched alkanes of at least 4 members (excludes halogenated alkanes) is 26. The van der Waals surface area contributed by atoms with Gasteiger partial charge in [-0.25, -0.2) is 0 Å². The Morgan fingerprint density at radius 2 is 0.861 bits per heavy atom. The zero-order chi connectivity index (χ0) is 52.7. The number of aliphatic hydroxyl groups excluding tert-OH is 1. The zero-order valence-electron chi connectivity index (χ0n) is 47.4. The van der Waals surface area contributed by atoms with Gasteiger partial charge in [0.25, 0.3) is 7.82 Å². The molecule has 0 aliphatic heterocycles. The van der Waals surface area contributed by atoms with Crippen LogP contribution in [0.25, 0.3) is 0 Å². The largest absolute Gasteiger partial charge is 0.756 e. The number of amides is 1. The summed E-state index contributed by atoms with van der Waals surface area (Å²) in [6, 6.07) is -0.909. The number of phosphoric ester groups is 1. The Hall–Kier alpha value is -2.58. The van der Waals surface area contributed by atoms with Gasteiger partial charge < -0.3 is 28.8 Å². The molecule has 0 aromatic heterocycles. The van der Waals surface area contributed by atoms with Gasteiger partial charge >= 0.3 is 0 Å². The number of carbonyl (C=O) groups excluding carboxylic acids is 1. The van der Waals surface area contributed by atoms with E-state index in [0.29, 0.717) is 17.4 Å². The van der Waals surface area contributed by atoms with Gasteiger partial charge in [0, 0.05) is 6.42 Å². The number of allylic oxidation sites excluding steroid dienone is 15. The Labute approximate surface area is 445 Å². The highest BCUT2D eigenvalue weighted by Gasteiger charge is 2.23. The molecule has 0 saturated carbocycles. The molecular formula is C63H113N2O6P. The van der Waals surface area contributed by atoms with Crippen LogP contribution in [-0.4, -0.2) is 68.5 Å². The van der Waals surface area contributed by atoms with E-state index in [1.54, 1.807) is 6.08 Å². The number of likely N-dealkylation sites (N-methyl/N-ethyl adjacent to an activating group) is 1. The highest BCUT2D eigenvalue weighted by Crippen LogP contribution is 2.38. The van der Waals surface area contributed by atoms with E-state index in [-0.39, 0.29) is 12.5 Å². The van der Waals surface area contributed by atoms with Gasteiger partial charge in [-0.05, 0) is 83.5 Å². The van der Waals surface area contributed by atoms with E-state index in [0.717, 1.165) is 77.0 Å². The Morgan fingerprint density at radius 1 is 0.500 bits per heavy atom. The number of carbonyl (C=O) groups is 1. The number of aliphatic hydroxyl groups is 1. The van der Waals surface area contributed by atoms with Gasteiger partial charge in [0.2, 0.25) is 5.91 Å². The second-order valence-corrected chi connectivity index (χ2v) is 22.4. The van der Waals surface area contributed by atoms with Gasteiger partial charge in [0.15, 0.2) is 0 Å². The van der Waals surface area contributed by atoms with Crippen LogP contribution in [0.2, 0.25) is 0 Å². The molecule has 0 aromatic rings. The van der Waals surface area contributed by atoms with Crippen molar-refractivity contribution in [2.45, 2.75) is 257 Å². The Morgan fingerprint density at radius 3 is 1.29 bits per heavy atom. The van der Waals surface area contributed by atoms with E-state index in [4.69, 9.17) is 9.05 Å². The topological polar surface area (TPSA) is 108 Å². The van der Waals surface area contributed by atoms with Crippen LogP contribution in [0.15, 0.2) is 97.2 Å². The smallest absolute Gasteiger partial charge is 0.268 e. The third-order valence-electron chi connectivity index (χ3n) is 12.8. The summed E-state index contributed by atoms with van der Waals surface area (Å²) in [5, 5.41) is 13.9.